The molecule has 1 fully saturated rings. The molecule has 0 unspecified atom stereocenters. The number of rotatable bonds is 3. The number of likely N-dealkylation sites (N-methyl/N-ethyl adjacent to an activating group) is 1. The van der Waals surface area contributed by atoms with Gasteiger partial charge in [0.25, 0.3) is 5.91 Å². The van der Waals surface area contributed by atoms with Gasteiger partial charge in [0, 0.05) is 20.1 Å². The molecule has 0 bridgehead atoms. The first-order valence-electron chi connectivity index (χ1n) is 5.63. The Morgan fingerprint density at radius 3 is 2.83 bits per heavy atom. The maximum absolute atomic E-state index is 11.7. The van der Waals surface area contributed by atoms with Crippen molar-refractivity contribution in [3.63, 3.8) is 0 Å². The van der Waals surface area contributed by atoms with Gasteiger partial charge in [-0.1, -0.05) is 0 Å². The SMILES string of the molecule is Cc1oc(CN2CCN(C)C2=O)cc1C(=O)NN. The summed E-state index contributed by atoms with van der Waals surface area (Å²) in [4.78, 5) is 26.4. The first-order chi connectivity index (χ1) is 8.52. The van der Waals surface area contributed by atoms with Gasteiger partial charge in [0.15, 0.2) is 0 Å². The predicted octanol–water partition coefficient (Wildman–Crippen LogP) is 0.0589. The van der Waals surface area contributed by atoms with E-state index in [9.17, 15) is 9.59 Å². The Labute approximate surface area is 104 Å². The number of hydrogen-bond acceptors (Lipinski definition) is 4. The van der Waals surface area contributed by atoms with Crippen molar-refractivity contribution in [2.45, 2.75) is 13.5 Å². The topological polar surface area (TPSA) is 91.8 Å². The average molecular weight is 252 g/mol. The molecule has 3 N–H and O–H groups in total. The highest BCUT2D eigenvalue weighted by Gasteiger charge is 2.26. The number of aryl methyl sites for hydroxylation is 1. The second-order valence-electron chi connectivity index (χ2n) is 4.28. The van der Waals surface area contributed by atoms with E-state index in [1.54, 1.807) is 29.8 Å². The van der Waals surface area contributed by atoms with Gasteiger partial charge in [-0.3, -0.25) is 10.2 Å². The van der Waals surface area contributed by atoms with E-state index in [1.807, 2.05) is 0 Å². The van der Waals surface area contributed by atoms with Gasteiger partial charge >= 0.3 is 6.03 Å². The molecule has 3 amide bonds. The van der Waals surface area contributed by atoms with Crippen LogP contribution in [0.4, 0.5) is 4.79 Å². The van der Waals surface area contributed by atoms with Crippen LogP contribution in [0, 0.1) is 6.92 Å². The molecule has 0 spiro atoms. The Morgan fingerprint density at radius 2 is 2.28 bits per heavy atom. The number of hydrazine groups is 1. The number of furan rings is 1. The molecule has 7 heteroatoms. The molecule has 0 saturated carbocycles. The molecule has 1 aliphatic rings. The molecule has 1 saturated heterocycles. The van der Waals surface area contributed by atoms with Crippen LogP contribution in [0.5, 0.6) is 0 Å². The summed E-state index contributed by atoms with van der Waals surface area (Å²) in [5.74, 6) is 5.75. The van der Waals surface area contributed by atoms with Crippen molar-refractivity contribution in [2.24, 2.45) is 5.84 Å². The second kappa shape index (κ2) is 4.69. The lowest BCUT2D eigenvalue weighted by atomic mass is 10.2. The van der Waals surface area contributed by atoms with Crippen LogP contribution in [0.1, 0.15) is 21.9 Å². The Bertz CT molecular complexity index is 483. The Balaban J connectivity index is 2.11. The van der Waals surface area contributed by atoms with Crippen LogP contribution in [0.25, 0.3) is 0 Å². The van der Waals surface area contributed by atoms with Crippen LogP contribution >= 0.6 is 0 Å². The fourth-order valence-electron chi connectivity index (χ4n) is 1.96. The molecule has 7 nitrogen and oxygen atoms in total. The van der Waals surface area contributed by atoms with Crippen molar-refractivity contribution in [1.82, 2.24) is 15.2 Å². The lowest BCUT2D eigenvalue weighted by molar-refractivity contribution is 0.0952. The number of nitrogens with two attached hydrogens (primary N) is 1. The molecular formula is C11H16N4O3. The van der Waals surface area contributed by atoms with E-state index in [-0.39, 0.29) is 6.03 Å². The maximum atomic E-state index is 11.7. The minimum Gasteiger partial charge on any atom is -0.464 e. The van der Waals surface area contributed by atoms with E-state index >= 15 is 0 Å². The van der Waals surface area contributed by atoms with Crippen LogP contribution < -0.4 is 11.3 Å². The van der Waals surface area contributed by atoms with Crippen LogP contribution in [-0.2, 0) is 6.54 Å². The summed E-state index contributed by atoms with van der Waals surface area (Å²) in [6, 6.07) is 1.58. The third-order valence-corrected chi connectivity index (χ3v) is 2.99. The second-order valence-corrected chi connectivity index (χ2v) is 4.28. The Morgan fingerprint density at radius 1 is 1.56 bits per heavy atom. The molecule has 2 rings (SSSR count). The Hall–Kier alpha value is -2.02. The summed E-state index contributed by atoms with van der Waals surface area (Å²) in [7, 11) is 1.75. The van der Waals surface area contributed by atoms with Crippen molar-refractivity contribution in [3.8, 4) is 0 Å². The third-order valence-electron chi connectivity index (χ3n) is 2.99. The zero-order valence-electron chi connectivity index (χ0n) is 10.4. The zero-order valence-corrected chi connectivity index (χ0v) is 10.4. The molecule has 1 aromatic heterocycles. The highest BCUT2D eigenvalue weighted by molar-refractivity contribution is 5.94. The van der Waals surface area contributed by atoms with E-state index in [1.165, 1.54) is 0 Å². The maximum Gasteiger partial charge on any atom is 0.320 e. The number of nitrogen functional groups attached to an aromatic ring is 1. The van der Waals surface area contributed by atoms with Crippen molar-refractivity contribution >= 4 is 11.9 Å². The van der Waals surface area contributed by atoms with Crippen molar-refractivity contribution in [2.75, 3.05) is 20.1 Å². The molecule has 98 valence electrons. The summed E-state index contributed by atoms with van der Waals surface area (Å²) < 4.78 is 5.45. The minimum absolute atomic E-state index is 0.0334. The van der Waals surface area contributed by atoms with Crippen molar-refractivity contribution < 1.29 is 14.0 Å². The first kappa shape index (κ1) is 12.4. The largest absolute Gasteiger partial charge is 0.464 e. The van der Waals surface area contributed by atoms with Gasteiger partial charge in [-0.15, -0.1) is 0 Å². The standard InChI is InChI=1S/C11H16N4O3/c1-7-9(10(16)13-12)5-8(18-7)6-15-4-3-14(2)11(15)17/h5H,3-4,6,12H2,1-2H3,(H,13,16). The fourth-order valence-corrected chi connectivity index (χ4v) is 1.96. The molecular weight excluding hydrogens is 236 g/mol. The third kappa shape index (κ3) is 2.17. The molecule has 18 heavy (non-hydrogen) atoms. The normalized spacial score (nSPS) is 15.4. The summed E-state index contributed by atoms with van der Waals surface area (Å²) in [5.41, 5.74) is 2.45. The lowest BCUT2D eigenvalue weighted by Crippen LogP contribution is -2.30. The van der Waals surface area contributed by atoms with Crippen LogP contribution in [0.2, 0.25) is 0 Å². The average Bonchev–Trinajstić information content (AvgIpc) is 2.86. The van der Waals surface area contributed by atoms with Gasteiger partial charge in [0.2, 0.25) is 0 Å². The minimum atomic E-state index is -0.396. The molecule has 0 aromatic carbocycles. The summed E-state index contributed by atoms with van der Waals surface area (Å²) in [6.07, 6.45) is 0. The van der Waals surface area contributed by atoms with Gasteiger partial charge in [-0.05, 0) is 13.0 Å². The van der Waals surface area contributed by atoms with Gasteiger partial charge < -0.3 is 14.2 Å². The number of urea groups is 1. The van der Waals surface area contributed by atoms with E-state index in [4.69, 9.17) is 10.3 Å². The summed E-state index contributed by atoms with van der Waals surface area (Å²) in [6.45, 7) is 3.41. The van der Waals surface area contributed by atoms with E-state index < -0.39 is 5.91 Å². The smallest absolute Gasteiger partial charge is 0.320 e. The number of amides is 3. The number of carbonyl (C=O) groups excluding carboxylic acids is 2. The first-order valence-corrected chi connectivity index (χ1v) is 5.63. The monoisotopic (exact) mass is 252 g/mol. The lowest BCUT2D eigenvalue weighted by Gasteiger charge is -2.13. The fraction of sp³-hybridized carbons (Fsp3) is 0.455. The van der Waals surface area contributed by atoms with Crippen LogP contribution in [0.3, 0.4) is 0 Å². The van der Waals surface area contributed by atoms with Gasteiger partial charge in [0.05, 0.1) is 12.1 Å². The Kier molecular flexibility index (Phi) is 3.24. The molecule has 1 aromatic rings. The van der Waals surface area contributed by atoms with Crippen molar-refractivity contribution in [3.05, 3.63) is 23.2 Å². The summed E-state index contributed by atoms with van der Waals surface area (Å²) in [5, 5.41) is 0. The molecule has 0 aliphatic carbocycles. The molecule has 0 atom stereocenters. The zero-order chi connectivity index (χ0) is 13.3. The number of hydrogen-bond donors (Lipinski definition) is 2. The van der Waals surface area contributed by atoms with Crippen LogP contribution in [-0.4, -0.2) is 41.9 Å². The summed E-state index contributed by atoms with van der Waals surface area (Å²) >= 11 is 0. The highest BCUT2D eigenvalue weighted by atomic mass is 16.3. The number of nitrogens with zero attached hydrogens (tertiary/aromatic N) is 2. The highest BCUT2D eigenvalue weighted by Crippen LogP contribution is 2.18. The van der Waals surface area contributed by atoms with Crippen molar-refractivity contribution in [1.29, 1.82) is 0 Å². The van der Waals surface area contributed by atoms with Crippen LogP contribution in [0.15, 0.2) is 10.5 Å². The van der Waals surface area contributed by atoms with E-state index in [2.05, 4.69) is 5.43 Å². The predicted molar refractivity (Wildman–Crippen MR) is 63.5 cm³/mol. The number of nitrogens with one attached hydrogen (secondary N) is 1. The van der Waals surface area contributed by atoms with E-state index in [0.717, 1.165) is 0 Å². The van der Waals surface area contributed by atoms with Gasteiger partial charge in [0.1, 0.15) is 11.5 Å². The molecule has 2 heterocycles. The molecule has 0 radical (unpaired) electrons. The quantitative estimate of drug-likeness (QED) is 0.452. The number of carbonyl (C=O) groups is 2. The van der Waals surface area contributed by atoms with Gasteiger partial charge in [-0.2, -0.15) is 0 Å². The van der Waals surface area contributed by atoms with Gasteiger partial charge in [-0.25, -0.2) is 10.6 Å². The molecule has 1 aliphatic heterocycles. The van der Waals surface area contributed by atoms with E-state index in [0.29, 0.717) is 36.7 Å².